The number of para-hydroxylation sites is 2. The number of unbranched alkanes of at least 4 members (excludes halogenated alkanes) is 2. The molecule has 2 atom stereocenters. The van der Waals surface area contributed by atoms with Gasteiger partial charge in [0, 0.05) is 34.5 Å². The number of fused-ring (bicyclic) bond motifs is 2. The molecule has 2 aromatic carbocycles. The number of hydrogen-bond acceptors (Lipinski definition) is 4. The Hall–Kier alpha value is -3.97. The van der Waals surface area contributed by atoms with Crippen molar-refractivity contribution < 1.29 is 19.3 Å². The molecule has 0 aromatic heterocycles. The van der Waals surface area contributed by atoms with Gasteiger partial charge in [-0.1, -0.05) is 88.2 Å². The third-order valence-electron chi connectivity index (χ3n) is 9.59. The van der Waals surface area contributed by atoms with Crippen LogP contribution in [0.3, 0.4) is 0 Å². The summed E-state index contributed by atoms with van der Waals surface area (Å²) < 4.78 is 2.38. The zero-order valence-corrected chi connectivity index (χ0v) is 28.6. The molecule has 2 aromatic rings. The lowest BCUT2D eigenvalue weighted by Crippen LogP contribution is -2.51. The number of carboxylic acid groups (broad SMARTS) is 1. The van der Waals surface area contributed by atoms with Gasteiger partial charge in [0.15, 0.2) is 5.71 Å². The third kappa shape index (κ3) is 7.05. The minimum absolute atomic E-state index is 0.0979. The van der Waals surface area contributed by atoms with Gasteiger partial charge >= 0.3 is 5.97 Å². The highest BCUT2D eigenvalue weighted by Gasteiger charge is 2.45. The van der Waals surface area contributed by atoms with E-state index in [0.29, 0.717) is 25.8 Å². The lowest BCUT2D eigenvalue weighted by Gasteiger charge is -2.34. The van der Waals surface area contributed by atoms with E-state index in [1.54, 1.807) is 0 Å². The van der Waals surface area contributed by atoms with Crippen molar-refractivity contribution in [3.63, 3.8) is 0 Å². The summed E-state index contributed by atoms with van der Waals surface area (Å²) in [7, 11) is 0. The topological polar surface area (TPSA) is 98.7 Å². The van der Waals surface area contributed by atoms with Crippen molar-refractivity contribution in [2.24, 2.45) is 5.73 Å². The van der Waals surface area contributed by atoms with E-state index >= 15 is 0 Å². The molecule has 0 aliphatic carbocycles. The summed E-state index contributed by atoms with van der Waals surface area (Å²) in [4.78, 5) is 28.2. The second-order valence-corrected chi connectivity index (χ2v) is 13.4. The summed E-state index contributed by atoms with van der Waals surface area (Å²) >= 11 is 0. The highest BCUT2D eigenvalue weighted by Crippen LogP contribution is 2.49. The standard InChI is InChI=1S/C39H52N4O3/c1-7-9-22-33(36(44)41-30(37(45)46)21-17-18-27-40)43-32-24-16-14-20-29(32)39(5,6)35(43)26-12-10-11-25-34-38(3,4)28-19-13-15-23-31(28)42(34)8-2/h10-16,19-20,23-26,30,33H,7-9,17-18,21-22,27,40H2,1-6H3,(H-,41,44,45,46)/p+1/t30-,33?/m0/s1. The van der Waals surface area contributed by atoms with Crippen LogP contribution in [0.1, 0.15) is 91.2 Å². The Morgan fingerprint density at radius 1 is 0.913 bits per heavy atom. The number of benzene rings is 2. The summed E-state index contributed by atoms with van der Waals surface area (Å²) in [5.74, 6) is -1.27. The van der Waals surface area contributed by atoms with Gasteiger partial charge < -0.3 is 21.1 Å². The summed E-state index contributed by atoms with van der Waals surface area (Å²) in [5.41, 5.74) is 12.2. The Bertz CT molecular complexity index is 1530. The molecule has 4 N–H and O–H groups in total. The number of carboxylic acids is 1. The number of hydrogen-bond donors (Lipinski definition) is 3. The minimum atomic E-state index is -1.01. The molecule has 2 heterocycles. The van der Waals surface area contributed by atoms with Crippen molar-refractivity contribution in [2.45, 2.75) is 103 Å². The van der Waals surface area contributed by atoms with Crippen LogP contribution in [0.5, 0.6) is 0 Å². The number of carbonyl (C=O) groups excluding carboxylic acids is 1. The molecule has 2 aliphatic rings. The number of nitrogens with zero attached hydrogens (tertiary/aromatic N) is 2. The Balaban J connectivity index is 1.67. The quantitative estimate of drug-likeness (QED) is 0.111. The van der Waals surface area contributed by atoms with E-state index in [-0.39, 0.29) is 16.7 Å². The molecule has 4 rings (SSSR count). The van der Waals surface area contributed by atoms with E-state index in [2.05, 4.69) is 123 Å². The number of nitrogens with two attached hydrogens (primary N) is 1. The molecule has 246 valence electrons. The van der Waals surface area contributed by atoms with E-state index in [4.69, 9.17) is 5.73 Å². The monoisotopic (exact) mass is 625 g/mol. The largest absolute Gasteiger partial charge is 0.480 e. The number of nitrogens with one attached hydrogen (secondary N) is 1. The maximum atomic E-state index is 14.0. The first-order valence-electron chi connectivity index (χ1n) is 16.9. The van der Waals surface area contributed by atoms with Gasteiger partial charge in [0.2, 0.25) is 11.6 Å². The van der Waals surface area contributed by atoms with Gasteiger partial charge in [-0.25, -0.2) is 4.79 Å². The molecule has 0 bridgehead atoms. The van der Waals surface area contributed by atoms with Gasteiger partial charge in [0.05, 0.1) is 5.41 Å². The van der Waals surface area contributed by atoms with E-state index in [1.165, 1.54) is 17.0 Å². The van der Waals surface area contributed by atoms with Crippen molar-refractivity contribution in [2.75, 3.05) is 18.0 Å². The Labute approximate surface area is 275 Å². The summed E-state index contributed by atoms with van der Waals surface area (Å²) in [6, 6.07) is 15.4. The smallest absolute Gasteiger partial charge is 0.326 e. The average Bonchev–Trinajstić information content (AvgIpc) is 3.39. The second-order valence-electron chi connectivity index (χ2n) is 13.4. The maximum absolute atomic E-state index is 14.0. The molecule has 0 spiro atoms. The number of allylic oxidation sites excluding steroid dienone is 6. The molecule has 0 radical (unpaired) electrons. The summed E-state index contributed by atoms with van der Waals surface area (Å²) in [5, 5.41) is 12.8. The SMILES string of the molecule is CCCCC(C(=O)N[C@@H](CCCCN)C(=O)O)N1\C(=C/C=C/C=C/C2=[N+](CC)c3ccccc3C2(C)C)C(C)(C)c2ccccc21. The van der Waals surface area contributed by atoms with Gasteiger partial charge in [-0.05, 0) is 70.7 Å². The van der Waals surface area contributed by atoms with Crippen LogP contribution in [0, 0.1) is 0 Å². The first-order valence-corrected chi connectivity index (χ1v) is 16.9. The van der Waals surface area contributed by atoms with Crippen molar-refractivity contribution >= 4 is 29.0 Å². The van der Waals surface area contributed by atoms with Crippen molar-refractivity contribution in [3.05, 3.63) is 95.7 Å². The minimum Gasteiger partial charge on any atom is -0.480 e. The number of amides is 1. The van der Waals surface area contributed by atoms with Gasteiger partial charge in [0.25, 0.3) is 0 Å². The van der Waals surface area contributed by atoms with E-state index in [1.807, 2.05) is 12.1 Å². The molecule has 7 heteroatoms. The lowest BCUT2D eigenvalue weighted by molar-refractivity contribution is -0.433. The van der Waals surface area contributed by atoms with Crippen molar-refractivity contribution in [3.8, 4) is 0 Å². The fourth-order valence-electron chi connectivity index (χ4n) is 7.04. The van der Waals surface area contributed by atoms with Gasteiger partial charge in [-0.2, -0.15) is 4.58 Å². The van der Waals surface area contributed by atoms with Crippen LogP contribution in [-0.2, 0) is 20.4 Å². The Morgan fingerprint density at radius 2 is 1.61 bits per heavy atom. The third-order valence-corrected chi connectivity index (χ3v) is 9.59. The molecule has 46 heavy (non-hydrogen) atoms. The second kappa shape index (κ2) is 15.1. The highest BCUT2D eigenvalue weighted by atomic mass is 16.4. The zero-order valence-electron chi connectivity index (χ0n) is 28.6. The molecule has 0 fully saturated rings. The fraction of sp³-hybridized carbons (Fsp3) is 0.462. The number of rotatable bonds is 15. The molecule has 7 nitrogen and oxygen atoms in total. The zero-order chi connectivity index (χ0) is 33.5. The number of aliphatic carboxylic acids is 1. The predicted molar refractivity (Wildman–Crippen MR) is 189 cm³/mol. The van der Waals surface area contributed by atoms with Gasteiger partial charge in [-0.15, -0.1) is 0 Å². The number of anilines is 1. The van der Waals surface area contributed by atoms with Crippen LogP contribution < -0.4 is 16.0 Å². The van der Waals surface area contributed by atoms with Crippen LogP contribution in [0.15, 0.2) is 84.6 Å². The van der Waals surface area contributed by atoms with E-state index in [0.717, 1.165) is 42.8 Å². The molecule has 1 unspecified atom stereocenters. The van der Waals surface area contributed by atoms with Crippen LogP contribution in [-0.4, -0.2) is 52.4 Å². The van der Waals surface area contributed by atoms with Crippen LogP contribution in [0.4, 0.5) is 11.4 Å². The van der Waals surface area contributed by atoms with E-state index in [9.17, 15) is 14.7 Å². The Kier molecular flexibility index (Phi) is 11.4. The van der Waals surface area contributed by atoms with Gasteiger partial charge in [-0.3, -0.25) is 4.79 Å². The van der Waals surface area contributed by atoms with Crippen LogP contribution in [0.2, 0.25) is 0 Å². The molecule has 2 aliphatic heterocycles. The number of carbonyl (C=O) groups is 2. The summed E-state index contributed by atoms with van der Waals surface area (Å²) in [6.07, 6.45) is 14.7. The molecule has 0 saturated carbocycles. The summed E-state index contributed by atoms with van der Waals surface area (Å²) in [6.45, 7) is 14.6. The van der Waals surface area contributed by atoms with Crippen LogP contribution >= 0.6 is 0 Å². The predicted octanol–water partition coefficient (Wildman–Crippen LogP) is 7.13. The molecular formula is C39H53N4O3+. The molecule has 1 amide bonds. The maximum Gasteiger partial charge on any atom is 0.326 e. The first-order chi connectivity index (χ1) is 22.0. The van der Waals surface area contributed by atoms with Crippen molar-refractivity contribution in [1.82, 2.24) is 5.32 Å². The average molecular weight is 626 g/mol. The van der Waals surface area contributed by atoms with Gasteiger partial charge in [0.1, 0.15) is 18.6 Å². The normalized spacial score (nSPS) is 18.8. The highest BCUT2D eigenvalue weighted by molar-refractivity contribution is 6.03. The van der Waals surface area contributed by atoms with E-state index < -0.39 is 18.1 Å². The molecular weight excluding hydrogens is 572 g/mol. The molecule has 0 saturated heterocycles. The van der Waals surface area contributed by atoms with Crippen LogP contribution in [0.25, 0.3) is 0 Å². The first kappa shape index (κ1) is 34.9. The fourth-order valence-corrected chi connectivity index (χ4v) is 7.04. The lowest BCUT2D eigenvalue weighted by atomic mass is 9.81. The Morgan fingerprint density at radius 3 is 2.28 bits per heavy atom. The van der Waals surface area contributed by atoms with Crippen molar-refractivity contribution in [1.29, 1.82) is 0 Å².